The van der Waals surface area contributed by atoms with Gasteiger partial charge >= 0.3 is 0 Å². The van der Waals surface area contributed by atoms with Crippen LogP contribution in [0.2, 0.25) is 0 Å². The Balaban J connectivity index is 1.33. The van der Waals surface area contributed by atoms with Gasteiger partial charge in [0.1, 0.15) is 11.6 Å². The van der Waals surface area contributed by atoms with Crippen LogP contribution < -0.4 is 4.74 Å². The second-order valence-electron chi connectivity index (χ2n) is 9.87. The molecule has 1 saturated heterocycles. The number of likely N-dealkylation sites (tertiary alicyclic amines) is 1. The lowest BCUT2D eigenvalue weighted by atomic mass is 9.94. The highest BCUT2D eigenvalue weighted by Gasteiger charge is 2.28. The molecule has 1 aliphatic heterocycles. The van der Waals surface area contributed by atoms with Crippen molar-refractivity contribution < 1.29 is 9.53 Å². The van der Waals surface area contributed by atoms with Gasteiger partial charge in [-0.05, 0) is 80.6 Å². The van der Waals surface area contributed by atoms with Crippen LogP contribution in [0.4, 0.5) is 0 Å². The largest absolute Gasteiger partial charge is 0.491 e. The molecule has 0 saturated carbocycles. The van der Waals surface area contributed by atoms with Gasteiger partial charge in [-0.3, -0.25) is 4.79 Å². The van der Waals surface area contributed by atoms with E-state index in [0.29, 0.717) is 24.6 Å². The van der Waals surface area contributed by atoms with Crippen molar-refractivity contribution in [3.63, 3.8) is 0 Å². The fourth-order valence-corrected chi connectivity index (χ4v) is 4.83. The van der Waals surface area contributed by atoms with E-state index in [-0.39, 0.29) is 12.0 Å². The molecule has 184 valence electrons. The summed E-state index contributed by atoms with van der Waals surface area (Å²) >= 11 is 0. The topological polar surface area (TPSA) is 58.2 Å². The third-order valence-corrected chi connectivity index (χ3v) is 6.70. The lowest BCUT2D eigenvalue weighted by Crippen LogP contribution is -2.38. The van der Waals surface area contributed by atoms with Gasteiger partial charge in [0.15, 0.2) is 0 Å². The number of aromatic nitrogens is 2. The minimum Gasteiger partial charge on any atom is -0.491 e. The number of aromatic amines is 1. The fraction of sp³-hybridized carbons (Fsp3) is 0.290. The van der Waals surface area contributed by atoms with Gasteiger partial charge in [0.05, 0.1) is 17.1 Å². The number of aryl methyl sites for hydroxylation is 1. The van der Waals surface area contributed by atoms with Crippen molar-refractivity contribution in [1.29, 1.82) is 0 Å². The number of nitrogens with one attached hydrogen (secondary N) is 1. The number of nitrogens with zero attached hydrogens (tertiary/aromatic N) is 2. The first-order valence-electron chi connectivity index (χ1n) is 12.8. The molecular formula is C31H33N3O2. The number of rotatable bonds is 6. The molecule has 5 rings (SSSR count). The fourth-order valence-electron chi connectivity index (χ4n) is 4.83. The second-order valence-corrected chi connectivity index (χ2v) is 9.87. The Morgan fingerprint density at radius 2 is 1.75 bits per heavy atom. The quantitative estimate of drug-likeness (QED) is 0.250. The van der Waals surface area contributed by atoms with Crippen LogP contribution in [0.5, 0.6) is 5.75 Å². The maximum absolute atomic E-state index is 13.7. The summed E-state index contributed by atoms with van der Waals surface area (Å²) in [5.74, 6) is 2.27. The zero-order chi connectivity index (χ0) is 25.1. The normalized spacial score (nSPS) is 15.0. The van der Waals surface area contributed by atoms with Crippen LogP contribution in [0.1, 0.15) is 55.1 Å². The third-order valence-electron chi connectivity index (χ3n) is 6.70. The molecule has 0 radical (unpaired) electrons. The van der Waals surface area contributed by atoms with Gasteiger partial charge in [0, 0.05) is 24.6 Å². The van der Waals surface area contributed by atoms with Crippen LogP contribution in [0.25, 0.3) is 22.7 Å². The number of fused-ring (bicyclic) bond motifs is 1. The second kappa shape index (κ2) is 10.4. The van der Waals surface area contributed by atoms with Gasteiger partial charge in [0.2, 0.25) is 0 Å². The zero-order valence-corrected chi connectivity index (χ0v) is 21.2. The Morgan fingerprint density at radius 3 is 2.44 bits per heavy atom. The van der Waals surface area contributed by atoms with E-state index < -0.39 is 0 Å². The molecular weight excluding hydrogens is 446 g/mol. The molecule has 0 aliphatic carbocycles. The van der Waals surface area contributed by atoms with Gasteiger partial charge in [-0.2, -0.15) is 0 Å². The standard InChI is InChI=1S/C31H33N3O2/c1-21(2)36-26-12-10-23(11-13-26)20-27(24-7-5-4-6-8-24)31(35)34-17-15-25(16-18-34)30-32-28-14-9-22(3)19-29(28)33-30/h4-14,19-21,25H,15-18H2,1-3H3,(H,32,33)/b27-20+. The number of ether oxygens (including phenoxy) is 1. The lowest BCUT2D eigenvalue weighted by Gasteiger charge is -2.32. The van der Waals surface area contributed by atoms with E-state index in [9.17, 15) is 4.79 Å². The highest BCUT2D eigenvalue weighted by molar-refractivity contribution is 6.24. The maximum Gasteiger partial charge on any atom is 0.254 e. The predicted molar refractivity (Wildman–Crippen MR) is 146 cm³/mol. The molecule has 0 spiro atoms. The van der Waals surface area contributed by atoms with Crippen LogP contribution in [-0.4, -0.2) is 40.0 Å². The van der Waals surface area contributed by atoms with Crippen LogP contribution in [0, 0.1) is 6.92 Å². The van der Waals surface area contributed by atoms with Gasteiger partial charge in [-0.15, -0.1) is 0 Å². The van der Waals surface area contributed by atoms with Crippen molar-refractivity contribution in [2.75, 3.05) is 13.1 Å². The summed E-state index contributed by atoms with van der Waals surface area (Å²) in [7, 11) is 0. The third kappa shape index (κ3) is 5.35. The summed E-state index contributed by atoms with van der Waals surface area (Å²) in [6.45, 7) is 7.54. The van der Waals surface area contributed by atoms with Crippen LogP contribution in [-0.2, 0) is 4.79 Å². The Kier molecular flexibility index (Phi) is 6.90. The highest BCUT2D eigenvalue weighted by Crippen LogP contribution is 2.30. The van der Waals surface area contributed by atoms with E-state index in [0.717, 1.165) is 46.6 Å². The van der Waals surface area contributed by atoms with Gasteiger partial charge < -0.3 is 14.6 Å². The minimum absolute atomic E-state index is 0.0717. The lowest BCUT2D eigenvalue weighted by molar-refractivity contribution is -0.126. The number of carbonyl (C=O) groups is 1. The molecule has 1 aliphatic rings. The molecule has 0 bridgehead atoms. The first-order valence-corrected chi connectivity index (χ1v) is 12.8. The molecule has 2 heterocycles. The van der Waals surface area contributed by atoms with Gasteiger partial charge in [-0.1, -0.05) is 48.5 Å². The monoisotopic (exact) mass is 479 g/mol. The number of carbonyl (C=O) groups excluding carboxylic acids is 1. The molecule has 1 aromatic heterocycles. The predicted octanol–water partition coefficient (Wildman–Crippen LogP) is 6.61. The summed E-state index contributed by atoms with van der Waals surface area (Å²) in [6.07, 6.45) is 3.91. The van der Waals surface area contributed by atoms with Crippen LogP contribution in [0.3, 0.4) is 0 Å². The molecule has 0 unspecified atom stereocenters. The van der Waals surface area contributed by atoms with E-state index in [1.165, 1.54) is 5.56 Å². The molecule has 0 atom stereocenters. The summed E-state index contributed by atoms with van der Waals surface area (Å²) in [6, 6.07) is 24.2. The van der Waals surface area contributed by atoms with Crippen LogP contribution >= 0.6 is 0 Å². The number of imidazole rings is 1. The molecule has 5 heteroatoms. The smallest absolute Gasteiger partial charge is 0.254 e. The Labute approximate surface area is 212 Å². The van der Waals surface area contributed by atoms with E-state index in [1.54, 1.807) is 0 Å². The van der Waals surface area contributed by atoms with Crippen molar-refractivity contribution in [1.82, 2.24) is 14.9 Å². The zero-order valence-electron chi connectivity index (χ0n) is 21.2. The van der Waals surface area contributed by atoms with Gasteiger partial charge in [-0.25, -0.2) is 4.98 Å². The molecule has 36 heavy (non-hydrogen) atoms. The Hall–Kier alpha value is -3.86. The van der Waals surface area contributed by atoms with Crippen LogP contribution in [0.15, 0.2) is 72.8 Å². The highest BCUT2D eigenvalue weighted by atomic mass is 16.5. The Bertz CT molecular complexity index is 1360. The number of piperidine rings is 1. The van der Waals surface area contributed by atoms with E-state index in [2.05, 4.69) is 30.1 Å². The summed E-state index contributed by atoms with van der Waals surface area (Å²) in [5.41, 5.74) is 5.94. The SMILES string of the molecule is Cc1ccc2nc(C3CCN(C(=O)/C(=C/c4ccc(OC(C)C)cc4)c4ccccc4)CC3)[nH]c2c1. The average molecular weight is 480 g/mol. The van der Waals surface area contributed by atoms with Gasteiger partial charge in [0.25, 0.3) is 5.91 Å². The van der Waals surface area contributed by atoms with Crippen molar-refractivity contribution >= 4 is 28.6 Å². The first-order chi connectivity index (χ1) is 17.5. The van der Waals surface area contributed by atoms with E-state index in [1.807, 2.05) is 79.4 Å². The van der Waals surface area contributed by atoms with Crippen molar-refractivity contribution in [3.8, 4) is 5.75 Å². The van der Waals surface area contributed by atoms with Crippen molar-refractivity contribution in [2.45, 2.75) is 45.6 Å². The molecule has 5 nitrogen and oxygen atoms in total. The number of hydrogen-bond acceptors (Lipinski definition) is 3. The summed E-state index contributed by atoms with van der Waals surface area (Å²) in [4.78, 5) is 24.1. The summed E-state index contributed by atoms with van der Waals surface area (Å²) in [5, 5.41) is 0. The number of H-pyrrole nitrogens is 1. The average Bonchev–Trinajstić information content (AvgIpc) is 3.31. The number of amides is 1. The van der Waals surface area contributed by atoms with Crippen molar-refractivity contribution in [3.05, 3.63) is 95.3 Å². The summed E-state index contributed by atoms with van der Waals surface area (Å²) < 4.78 is 5.77. The molecule has 4 aromatic rings. The molecule has 1 fully saturated rings. The van der Waals surface area contributed by atoms with Crippen molar-refractivity contribution in [2.24, 2.45) is 0 Å². The minimum atomic E-state index is 0.0717. The number of benzene rings is 3. The Morgan fingerprint density at radius 1 is 1.03 bits per heavy atom. The van der Waals surface area contributed by atoms with E-state index >= 15 is 0 Å². The maximum atomic E-state index is 13.7. The first kappa shape index (κ1) is 23.9. The van der Waals surface area contributed by atoms with E-state index in [4.69, 9.17) is 9.72 Å². The molecule has 3 aromatic carbocycles. The molecule has 1 N–H and O–H groups in total. The molecule has 1 amide bonds. The number of hydrogen-bond donors (Lipinski definition) is 1.